The van der Waals surface area contributed by atoms with E-state index in [1.165, 1.54) is 0 Å². The van der Waals surface area contributed by atoms with Gasteiger partial charge >= 0.3 is 0 Å². The summed E-state index contributed by atoms with van der Waals surface area (Å²) in [6.07, 6.45) is 0.607. The molecule has 0 radical (unpaired) electrons. The minimum absolute atomic E-state index is 0.192. The summed E-state index contributed by atoms with van der Waals surface area (Å²) in [4.78, 5) is 21.0. The molecule has 2 aromatic carbocycles. The summed E-state index contributed by atoms with van der Waals surface area (Å²) >= 11 is 0. The monoisotopic (exact) mass is 277 g/mol. The second kappa shape index (κ2) is 5.71. The zero-order chi connectivity index (χ0) is 14.7. The molecule has 0 aliphatic carbocycles. The number of carbonyl (C=O) groups excluding carboxylic acids is 1. The van der Waals surface area contributed by atoms with E-state index in [0.717, 1.165) is 16.5 Å². The quantitative estimate of drug-likeness (QED) is 0.800. The van der Waals surface area contributed by atoms with Crippen LogP contribution >= 0.6 is 0 Å². The molecule has 3 aromatic rings. The molecule has 4 nitrogen and oxygen atoms in total. The van der Waals surface area contributed by atoms with Gasteiger partial charge in [0.1, 0.15) is 11.5 Å². The van der Waals surface area contributed by atoms with Crippen molar-refractivity contribution in [3.8, 4) is 0 Å². The summed E-state index contributed by atoms with van der Waals surface area (Å²) in [6, 6.07) is 17.6. The number of amides is 1. The molecule has 0 fully saturated rings. The number of rotatable bonds is 3. The van der Waals surface area contributed by atoms with E-state index in [1.807, 2.05) is 54.6 Å². The number of nitrogens with one attached hydrogen (secondary N) is 1. The molecule has 0 spiro atoms. The van der Waals surface area contributed by atoms with Crippen LogP contribution < -0.4 is 5.32 Å². The zero-order valence-corrected chi connectivity index (χ0v) is 11.7. The minimum atomic E-state index is -0.192. The molecule has 104 valence electrons. The predicted molar refractivity (Wildman–Crippen MR) is 82.2 cm³/mol. The maximum Gasteiger partial charge on any atom is 0.270 e. The SMILES string of the molecule is CNC(=O)c1nc(Cc2ccccc2)nc2ccccc12. The Morgan fingerprint density at radius 1 is 1.00 bits per heavy atom. The number of hydrogen-bond acceptors (Lipinski definition) is 3. The van der Waals surface area contributed by atoms with Gasteiger partial charge in [-0.2, -0.15) is 0 Å². The minimum Gasteiger partial charge on any atom is -0.354 e. The van der Waals surface area contributed by atoms with Gasteiger partial charge in [0.2, 0.25) is 0 Å². The smallest absolute Gasteiger partial charge is 0.270 e. The normalized spacial score (nSPS) is 10.5. The van der Waals surface area contributed by atoms with Gasteiger partial charge in [-0.15, -0.1) is 0 Å². The lowest BCUT2D eigenvalue weighted by atomic mass is 10.1. The number of benzene rings is 2. The first kappa shape index (κ1) is 13.2. The van der Waals surface area contributed by atoms with Gasteiger partial charge in [0.25, 0.3) is 5.91 Å². The van der Waals surface area contributed by atoms with Crippen LogP contribution in [0.3, 0.4) is 0 Å². The van der Waals surface area contributed by atoms with Gasteiger partial charge in [-0.05, 0) is 11.6 Å². The number of hydrogen-bond donors (Lipinski definition) is 1. The van der Waals surface area contributed by atoms with Crippen molar-refractivity contribution in [3.05, 3.63) is 71.7 Å². The first-order valence-electron chi connectivity index (χ1n) is 6.79. The highest BCUT2D eigenvalue weighted by Gasteiger charge is 2.13. The summed E-state index contributed by atoms with van der Waals surface area (Å²) < 4.78 is 0. The molecule has 0 saturated carbocycles. The average Bonchev–Trinajstić information content (AvgIpc) is 2.54. The lowest BCUT2D eigenvalue weighted by Gasteiger charge is -2.07. The van der Waals surface area contributed by atoms with Gasteiger partial charge in [0.15, 0.2) is 0 Å². The second-order valence-corrected chi connectivity index (χ2v) is 4.75. The van der Waals surface area contributed by atoms with Crippen LogP contribution in [0.25, 0.3) is 10.9 Å². The van der Waals surface area contributed by atoms with Crippen LogP contribution in [0.15, 0.2) is 54.6 Å². The summed E-state index contributed by atoms with van der Waals surface area (Å²) in [6.45, 7) is 0. The molecule has 0 unspecified atom stereocenters. The molecule has 1 amide bonds. The van der Waals surface area contributed by atoms with Crippen LogP contribution in [0.5, 0.6) is 0 Å². The highest BCUT2D eigenvalue weighted by atomic mass is 16.1. The van der Waals surface area contributed by atoms with Crippen molar-refractivity contribution in [1.82, 2.24) is 15.3 Å². The van der Waals surface area contributed by atoms with Crippen LogP contribution in [-0.2, 0) is 6.42 Å². The highest BCUT2D eigenvalue weighted by molar-refractivity contribution is 6.04. The first-order valence-corrected chi connectivity index (χ1v) is 6.79. The largest absolute Gasteiger partial charge is 0.354 e. The predicted octanol–water partition coefficient (Wildman–Crippen LogP) is 2.58. The molecule has 1 N–H and O–H groups in total. The Labute approximate surface area is 122 Å². The maximum atomic E-state index is 12.0. The molecule has 0 saturated heterocycles. The summed E-state index contributed by atoms with van der Waals surface area (Å²) in [5, 5.41) is 3.41. The topological polar surface area (TPSA) is 54.9 Å². The van der Waals surface area contributed by atoms with Crippen molar-refractivity contribution in [2.75, 3.05) is 7.05 Å². The van der Waals surface area contributed by atoms with Crippen LogP contribution in [0.1, 0.15) is 21.9 Å². The highest BCUT2D eigenvalue weighted by Crippen LogP contribution is 2.17. The van der Waals surface area contributed by atoms with E-state index in [4.69, 9.17) is 0 Å². The molecule has 0 aliphatic rings. The molecule has 0 aliphatic heterocycles. The number of nitrogens with zero attached hydrogens (tertiary/aromatic N) is 2. The molecule has 1 heterocycles. The summed E-state index contributed by atoms with van der Waals surface area (Å²) in [5.41, 5.74) is 2.33. The van der Waals surface area contributed by atoms with Gasteiger partial charge < -0.3 is 5.32 Å². The van der Waals surface area contributed by atoms with Crippen LogP contribution in [0.4, 0.5) is 0 Å². The van der Waals surface area contributed by atoms with Crippen molar-refractivity contribution in [2.24, 2.45) is 0 Å². The third-order valence-corrected chi connectivity index (χ3v) is 3.30. The van der Waals surface area contributed by atoms with Gasteiger partial charge in [-0.3, -0.25) is 4.79 Å². The van der Waals surface area contributed by atoms with Crippen molar-refractivity contribution in [3.63, 3.8) is 0 Å². The van der Waals surface area contributed by atoms with Crippen LogP contribution in [0.2, 0.25) is 0 Å². The number of carbonyl (C=O) groups is 1. The van der Waals surface area contributed by atoms with Gasteiger partial charge in [0.05, 0.1) is 5.52 Å². The first-order chi connectivity index (χ1) is 10.3. The Morgan fingerprint density at radius 2 is 1.71 bits per heavy atom. The fourth-order valence-corrected chi connectivity index (χ4v) is 2.27. The van der Waals surface area contributed by atoms with E-state index in [1.54, 1.807) is 7.05 Å². The zero-order valence-electron chi connectivity index (χ0n) is 11.7. The van der Waals surface area contributed by atoms with Crippen molar-refractivity contribution in [1.29, 1.82) is 0 Å². The lowest BCUT2D eigenvalue weighted by Crippen LogP contribution is -2.20. The van der Waals surface area contributed by atoms with Gasteiger partial charge in [0, 0.05) is 18.9 Å². The summed E-state index contributed by atoms with van der Waals surface area (Å²) in [5.74, 6) is 0.460. The standard InChI is InChI=1S/C17H15N3O/c1-18-17(21)16-13-9-5-6-10-14(13)19-15(20-16)11-12-7-3-2-4-8-12/h2-10H,11H2,1H3,(H,18,21). The van der Waals surface area contributed by atoms with Crippen molar-refractivity contribution < 1.29 is 4.79 Å². The fourth-order valence-electron chi connectivity index (χ4n) is 2.27. The van der Waals surface area contributed by atoms with E-state index < -0.39 is 0 Å². The van der Waals surface area contributed by atoms with Crippen molar-refractivity contribution >= 4 is 16.8 Å². The number of aromatic nitrogens is 2. The molecule has 3 rings (SSSR count). The lowest BCUT2D eigenvalue weighted by molar-refractivity contribution is 0.0959. The molecular weight excluding hydrogens is 262 g/mol. The Morgan fingerprint density at radius 3 is 2.48 bits per heavy atom. The molecule has 4 heteroatoms. The Balaban J connectivity index is 2.10. The van der Waals surface area contributed by atoms with Gasteiger partial charge in [-0.25, -0.2) is 9.97 Å². The number of para-hydroxylation sites is 1. The number of fused-ring (bicyclic) bond motifs is 1. The van der Waals surface area contributed by atoms with Crippen LogP contribution in [-0.4, -0.2) is 22.9 Å². The van der Waals surface area contributed by atoms with Crippen LogP contribution in [0, 0.1) is 0 Å². The maximum absolute atomic E-state index is 12.0. The third kappa shape index (κ3) is 2.74. The van der Waals surface area contributed by atoms with Gasteiger partial charge in [-0.1, -0.05) is 48.5 Å². The average molecular weight is 277 g/mol. The molecule has 21 heavy (non-hydrogen) atoms. The van der Waals surface area contributed by atoms with E-state index in [2.05, 4.69) is 15.3 Å². The third-order valence-electron chi connectivity index (χ3n) is 3.30. The van der Waals surface area contributed by atoms with Crippen molar-refractivity contribution in [2.45, 2.75) is 6.42 Å². The van der Waals surface area contributed by atoms with E-state index in [-0.39, 0.29) is 5.91 Å². The Bertz CT molecular complexity index is 784. The Kier molecular flexibility index (Phi) is 3.60. The fraction of sp³-hybridized carbons (Fsp3) is 0.118. The molecule has 1 aromatic heterocycles. The van der Waals surface area contributed by atoms with E-state index >= 15 is 0 Å². The second-order valence-electron chi connectivity index (χ2n) is 4.75. The summed E-state index contributed by atoms with van der Waals surface area (Å²) in [7, 11) is 1.61. The molecular formula is C17H15N3O. The van der Waals surface area contributed by atoms with E-state index in [9.17, 15) is 4.79 Å². The molecule has 0 bridgehead atoms. The molecule has 0 atom stereocenters. The Hall–Kier alpha value is -2.75. The van der Waals surface area contributed by atoms with E-state index in [0.29, 0.717) is 17.9 Å².